The lowest BCUT2D eigenvalue weighted by Gasteiger charge is -1.93. The van der Waals surface area contributed by atoms with E-state index < -0.39 is 5.97 Å². The monoisotopic (exact) mass is 202 g/mol. The zero-order chi connectivity index (χ0) is 9.84. The molecule has 72 valence electrons. The largest absolute Gasteiger partial charge is 0.476 e. The van der Waals surface area contributed by atoms with Gasteiger partial charge in [0.1, 0.15) is 0 Å². The molecule has 0 amide bonds. The molecular formula is C7H10N2O3S. The van der Waals surface area contributed by atoms with E-state index >= 15 is 0 Å². The molecule has 0 saturated carbocycles. The molecule has 3 N–H and O–H groups in total. The van der Waals surface area contributed by atoms with Crippen LogP contribution in [0.25, 0.3) is 0 Å². The van der Waals surface area contributed by atoms with Gasteiger partial charge in [-0.15, -0.1) is 0 Å². The normalized spacial score (nSPS) is 10.3. The van der Waals surface area contributed by atoms with Crippen LogP contribution < -0.4 is 0 Å². The Kier molecular flexibility index (Phi) is 3.32. The van der Waals surface area contributed by atoms with Gasteiger partial charge in [0.15, 0.2) is 10.9 Å². The predicted octanol–water partition coefficient (Wildman–Crippen LogP) is 0.365. The average molecular weight is 202 g/mol. The number of carboxylic acid groups (broad SMARTS) is 1. The summed E-state index contributed by atoms with van der Waals surface area (Å²) in [6.45, 7) is -0.0870. The number of nitrogens with zero attached hydrogens (tertiary/aromatic N) is 1. The molecule has 0 bridgehead atoms. The van der Waals surface area contributed by atoms with Crippen LogP contribution in [-0.2, 0) is 6.42 Å². The van der Waals surface area contributed by atoms with Crippen molar-refractivity contribution in [2.75, 3.05) is 12.9 Å². The second-order valence-corrected chi connectivity index (χ2v) is 3.15. The fraction of sp³-hybridized carbons (Fsp3) is 0.429. The van der Waals surface area contributed by atoms with Crippen LogP contribution >= 0.6 is 11.8 Å². The Labute approximate surface area is 79.2 Å². The molecule has 1 aromatic heterocycles. The van der Waals surface area contributed by atoms with Crippen molar-refractivity contribution in [1.82, 2.24) is 9.97 Å². The second-order valence-electron chi connectivity index (χ2n) is 2.35. The Morgan fingerprint density at radius 3 is 2.85 bits per heavy atom. The number of aromatic nitrogens is 2. The number of nitrogens with one attached hydrogen (secondary N) is 1. The topological polar surface area (TPSA) is 86.2 Å². The standard InChI is InChI=1S/C7H10N2O3S/c1-13-7-8-4(2-3-10)5(9-7)6(11)12/h10H,2-3H2,1H3,(H,8,9)(H,11,12). The van der Waals surface area contributed by atoms with Crippen molar-refractivity contribution < 1.29 is 15.0 Å². The zero-order valence-corrected chi connectivity index (χ0v) is 7.89. The van der Waals surface area contributed by atoms with Crippen molar-refractivity contribution in [2.24, 2.45) is 0 Å². The Bertz CT molecular complexity index is 311. The Morgan fingerprint density at radius 1 is 1.69 bits per heavy atom. The fourth-order valence-electron chi connectivity index (χ4n) is 0.952. The highest BCUT2D eigenvalue weighted by atomic mass is 32.2. The van der Waals surface area contributed by atoms with Gasteiger partial charge in [0, 0.05) is 13.0 Å². The fourth-order valence-corrected chi connectivity index (χ4v) is 1.36. The molecule has 0 atom stereocenters. The van der Waals surface area contributed by atoms with Crippen LogP contribution in [0, 0.1) is 0 Å². The molecule has 0 aliphatic heterocycles. The van der Waals surface area contributed by atoms with E-state index in [1.54, 1.807) is 6.26 Å². The van der Waals surface area contributed by atoms with Gasteiger partial charge in [-0.2, -0.15) is 0 Å². The summed E-state index contributed by atoms with van der Waals surface area (Å²) in [6.07, 6.45) is 2.09. The van der Waals surface area contributed by atoms with Gasteiger partial charge in [-0.3, -0.25) is 0 Å². The van der Waals surface area contributed by atoms with Crippen molar-refractivity contribution in [3.63, 3.8) is 0 Å². The van der Waals surface area contributed by atoms with Crippen molar-refractivity contribution >= 4 is 17.7 Å². The molecule has 0 aromatic carbocycles. The molecule has 1 heterocycles. The van der Waals surface area contributed by atoms with Gasteiger partial charge in [-0.25, -0.2) is 9.78 Å². The third-order valence-electron chi connectivity index (χ3n) is 1.51. The molecule has 0 saturated heterocycles. The number of thioether (sulfide) groups is 1. The lowest BCUT2D eigenvalue weighted by atomic mass is 10.2. The lowest BCUT2D eigenvalue weighted by Crippen LogP contribution is -2.03. The summed E-state index contributed by atoms with van der Waals surface area (Å²) >= 11 is 1.34. The molecule has 0 fully saturated rings. The summed E-state index contributed by atoms with van der Waals surface area (Å²) in [5.74, 6) is -1.07. The van der Waals surface area contributed by atoms with E-state index in [1.807, 2.05) is 0 Å². The smallest absolute Gasteiger partial charge is 0.356 e. The quantitative estimate of drug-likeness (QED) is 0.614. The minimum absolute atomic E-state index is 0.00148. The molecule has 1 aromatic rings. The zero-order valence-electron chi connectivity index (χ0n) is 7.07. The number of carbonyl (C=O) groups is 1. The maximum absolute atomic E-state index is 10.7. The Hall–Kier alpha value is -1.01. The maximum Gasteiger partial charge on any atom is 0.356 e. The van der Waals surface area contributed by atoms with Crippen molar-refractivity contribution in [3.05, 3.63) is 11.4 Å². The number of aliphatic hydroxyl groups is 1. The first-order valence-electron chi connectivity index (χ1n) is 3.66. The first-order chi connectivity index (χ1) is 6.19. The summed E-state index contributed by atoms with van der Waals surface area (Å²) < 4.78 is 0. The van der Waals surface area contributed by atoms with Crippen LogP contribution in [-0.4, -0.2) is 39.0 Å². The second kappa shape index (κ2) is 4.29. The lowest BCUT2D eigenvalue weighted by molar-refractivity contribution is 0.0689. The molecular weight excluding hydrogens is 192 g/mol. The number of H-pyrrole nitrogens is 1. The molecule has 0 spiro atoms. The first kappa shape index (κ1) is 10.1. The summed E-state index contributed by atoms with van der Waals surface area (Å²) in [5, 5.41) is 17.9. The van der Waals surface area contributed by atoms with Crippen molar-refractivity contribution in [1.29, 1.82) is 0 Å². The molecule has 6 heteroatoms. The maximum atomic E-state index is 10.7. The first-order valence-corrected chi connectivity index (χ1v) is 4.88. The summed E-state index contributed by atoms with van der Waals surface area (Å²) in [5.41, 5.74) is 0.470. The van der Waals surface area contributed by atoms with E-state index in [-0.39, 0.29) is 18.7 Å². The van der Waals surface area contributed by atoms with Gasteiger partial charge < -0.3 is 15.2 Å². The number of rotatable bonds is 4. The van der Waals surface area contributed by atoms with Gasteiger partial charge in [0.2, 0.25) is 0 Å². The number of aromatic carboxylic acids is 1. The average Bonchev–Trinajstić information content (AvgIpc) is 2.48. The molecule has 0 aliphatic carbocycles. The summed E-state index contributed by atoms with van der Waals surface area (Å²) in [7, 11) is 0. The summed E-state index contributed by atoms with van der Waals surface area (Å²) in [4.78, 5) is 17.3. The molecule has 13 heavy (non-hydrogen) atoms. The van der Waals surface area contributed by atoms with Gasteiger partial charge >= 0.3 is 5.97 Å². The summed E-state index contributed by atoms with van der Waals surface area (Å²) in [6, 6.07) is 0. The third kappa shape index (κ3) is 2.22. The number of aromatic amines is 1. The number of imidazole rings is 1. The van der Waals surface area contributed by atoms with E-state index in [4.69, 9.17) is 10.2 Å². The highest BCUT2D eigenvalue weighted by Gasteiger charge is 2.15. The highest BCUT2D eigenvalue weighted by Crippen LogP contribution is 2.14. The van der Waals surface area contributed by atoms with E-state index in [2.05, 4.69) is 9.97 Å². The van der Waals surface area contributed by atoms with Gasteiger partial charge in [0.25, 0.3) is 0 Å². The Morgan fingerprint density at radius 2 is 2.38 bits per heavy atom. The number of aliphatic hydroxyl groups excluding tert-OH is 1. The number of hydrogen-bond donors (Lipinski definition) is 3. The van der Waals surface area contributed by atoms with Crippen LogP contribution in [0.2, 0.25) is 0 Å². The molecule has 0 unspecified atom stereocenters. The van der Waals surface area contributed by atoms with E-state index in [9.17, 15) is 4.79 Å². The van der Waals surface area contributed by atoms with Crippen LogP contribution in [0.5, 0.6) is 0 Å². The Balaban J connectivity index is 3.00. The molecule has 1 rings (SSSR count). The van der Waals surface area contributed by atoms with E-state index in [0.29, 0.717) is 10.9 Å². The van der Waals surface area contributed by atoms with Crippen molar-refractivity contribution in [3.8, 4) is 0 Å². The highest BCUT2D eigenvalue weighted by molar-refractivity contribution is 7.98. The number of hydrogen-bond acceptors (Lipinski definition) is 4. The van der Waals surface area contributed by atoms with E-state index in [0.717, 1.165) is 0 Å². The van der Waals surface area contributed by atoms with Gasteiger partial charge in [-0.05, 0) is 6.26 Å². The SMILES string of the molecule is CSc1nc(C(=O)O)c(CCO)[nH]1. The molecule has 5 nitrogen and oxygen atoms in total. The van der Waals surface area contributed by atoms with Gasteiger partial charge in [0.05, 0.1) is 5.69 Å². The van der Waals surface area contributed by atoms with Crippen molar-refractivity contribution in [2.45, 2.75) is 11.6 Å². The van der Waals surface area contributed by atoms with Crippen LogP contribution in [0.3, 0.4) is 0 Å². The van der Waals surface area contributed by atoms with Crippen LogP contribution in [0.1, 0.15) is 16.2 Å². The minimum atomic E-state index is -1.07. The van der Waals surface area contributed by atoms with Crippen LogP contribution in [0.15, 0.2) is 5.16 Å². The van der Waals surface area contributed by atoms with Gasteiger partial charge in [-0.1, -0.05) is 11.8 Å². The molecule has 0 aliphatic rings. The predicted molar refractivity (Wildman–Crippen MR) is 48.1 cm³/mol. The van der Waals surface area contributed by atoms with Crippen LogP contribution in [0.4, 0.5) is 0 Å². The molecule has 0 radical (unpaired) electrons. The third-order valence-corrected chi connectivity index (χ3v) is 2.09. The minimum Gasteiger partial charge on any atom is -0.476 e. The van der Waals surface area contributed by atoms with E-state index in [1.165, 1.54) is 11.8 Å². The number of carboxylic acids is 1.